The minimum absolute atomic E-state index is 0.112. The van der Waals surface area contributed by atoms with Crippen molar-refractivity contribution >= 4 is 33.2 Å². The van der Waals surface area contributed by atoms with E-state index >= 15 is 0 Å². The summed E-state index contributed by atoms with van der Waals surface area (Å²) in [4.78, 5) is 16.8. The Bertz CT molecular complexity index is 1360. The van der Waals surface area contributed by atoms with E-state index in [2.05, 4.69) is 10.3 Å². The standard InChI is InChI=1S/C27H24ClN3O3S/c28-23-11-15-26(16-12-23)35(33,34)31(20-25-8-4-5-17-29-25)19-22-9-13-24(14-10-22)30-27(32)18-21-6-2-1-3-7-21/h1-17H,18-20H2,(H,30,32). The lowest BCUT2D eigenvalue weighted by Gasteiger charge is -2.22. The van der Waals surface area contributed by atoms with E-state index < -0.39 is 10.0 Å². The second-order valence-electron chi connectivity index (χ2n) is 7.96. The Hall–Kier alpha value is -3.52. The summed E-state index contributed by atoms with van der Waals surface area (Å²) >= 11 is 5.95. The van der Waals surface area contributed by atoms with E-state index in [1.54, 1.807) is 54.7 Å². The minimum Gasteiger partial charge on any atom is -0.326 e. The quantitative estimate of drug-likeness (QED) is 0.334. The molecule has 0 spiro atoms. The summed E-state index contributed by atoms with van der Waals surface area (Å²) in [5.74, 6) is -0.119. The molecule has 0 atom stereocenters. The number of pyridine rings is 1. The summed E-state index contributed by atoms with van der Waals surface area (Å²) in [6.45, 7) is 0.251. The Morgan fingerprint density at radius 3 is 2.14 bits per heavy atom. The second-order valence-corrected chi connectivity index (χ2v) is 10.3. The number of sulfonamides is 1. The number of hydrogen-bond donors (Lipinski definition) is 1. The molecule has 3 aromatic carbocycles. The van der Waals surface area contributed by atoms with Gasteiger partial charge in [-0.15, -0.1) is 0 Å². The first kappa shape index (κ1) is 24.6. The maximum atomic E-state index is 13.4. The van der Waals surface area contributed by atoms with Crippen LogP contribution in [0, 0.1) is 0 Å². The van der Waals surface area contributed by atoms with Crippen molar-refractivity contribution in [3.8, 4) is 0 Å². The molecule has 0 aliphatic rings. The lowest BCUT2D eigenvalue weighted by atomic mass is 10.1. The summed E-state index contributed by atoms with van der Waals surface area (Å²) in [7, 11) is -3.81. The average molecular weight is 506 g/mol. The molecule has 1 amide bonds. The summed E-state index contributed by atoms with van der Waals surface area (Å²) in [5.41, 5.74) is 2.99. The van der Waals surface area contributed by atoms with Crippen LogP contribution in [0.1, 0.15) is 16.8 Å². The highest BCUT2D eigenvalue weighted by molar-refractivity contribution is 7.89. The molecule has 0 saturated heterocycles. The first-order chi connectivity index (χ1) is 16.9. The Balaban J connectivity index is 1.50. The molecular weight excluding hydrogens is 482 g/mol. The molecule has 1 heterocycles. The molecule has 1 N–H and O–H groups in total. The van der Waals surface area contributed by atoms with Crippen molar-refractivity contribution in [1.29, 1.82) is 0 Å². The number of amides is 1. The highest BCUT2D eigenvalue weighted by atomic mass is 35.5. The van der Waals surface area contributed by atoms with Crippen LogP contribution in [0.25, 0.3) is 0 Å². The van der Waals surface area contributed by atoms with Crippen LogP contribution in [0.3, 0.4) is 0 Å². The predicted molar refractivity (Wildman–Crippen MR) is 137 cm³/mol. The molecule has 0 aliphatic heterocycles. The second kappa shape index (κ2) is 11.3. The molecule has 1 aromatic heterocycles. The molecule has 6 nitrogen and oxygen atoms in total. The van der Waals surface area contributed by atoms with Crippen LogP contribution in [0.4, 0.5) is 5.69 Å². The highest BCUT2D eigenvalue weighted by Crippen LogP contribution is 2.23. The topological polar surface area (TPSA) is 79.4 Å². The van der Waals surface area contributed by atoms with Crippen LogP contribution >= 0.6 is 11.6 Å². The van der Waals surface area contributed by atoms with E-state index in [0.717, 1.165) is 11.1 Å². The molecule has 0 bridgehead atoms. The van der Waals surface area contributed by atoms with Gasteiger partial charge < -0.3 is 5.32 Å². The fourth-order valence-corrected chi connectivity index (χ4v) is 5.06. The first-order valence-corrected chi connectivity index (χ1v) is 12.8. The fraction of sp³-hybridized carbons (Fsp3) is 0.111. The molecule has 0 aliphatic carbocycles. The Morgan fingerprint density at radius 2 is 1.49 bits per heavy atom. The normalized spacial score (nSPS) is 11.4. The number of rotatable bonds is 9. The van der Waals surface area contributed by atoms with Gasteiger partial charge in [0.2, 0.25) is 15.9 Å². The number of anilines is 1. The maximum Gasteiger partial charge on any atom is 0.243 e. The van der Waals surface area contributed by atoms with Crippen molar-refractivity contribution in [1.82, 2.24) is 9.29 Å². The average Bonchev–Trinajstić information content (AvgIpc) is 2.86. The number of aromatic nitrogens is 1. The summed E-state index contributed by atoms with van der Waals surface area (Å²) in [5, 5.41) is 3.34. The van der Waals surface area contributed by atoms with Crippen molar-refractivity contribution in [3.63, 3.8) is 0 Å². The molecule has 35 heavy (non-hydrogen) atoms. The molecule has 0 radical (unpaired) electrons. The van der Waals surface area contributed by atoms with E-state index in [1.807, 2.05) is 36.4 Å². The van der Waals surface area contributed by atoms with E-state index in [-0.39, 0.29) is 30.3 Å². The maximum absolute atomic E-state index is 13.4. The van der Waals surface area contributed by atoms with Gasteiger partial charge in [0.15, 0.2) is 0 Å². The molecular formula is C27H24ClN3O3S. The van der Waals surface area contributed by atoms with Crippen molar-refractivity contribution in [2.45, 2.75) is 24.4 Å². The van der Waals surface area contributed by atoms with E-state index in [1.165, 1.54) is 16.4 Å². The van der Waals surface area contributed by atoms with Gasteiger partial charge >= 0.3 is 0 Å². The SMILES string of the molecule is O=C(Cc1ccccc1)Nc1ccc(CN(Cc2ccccn2)S(=O)(=O)c2ccc(Cl)cc2)cc1. The third kappa shape index (κ3) is 6.76. The Morgan fingerprint density at radius 1 is 0.800 bits per heavy atom. The van der Waals surface area contributed by atoms with Crippen LogP contribution in [0.5, 0.6) is 0 Å². The first-order valence-electron chi connectivity index (χ1n) is 11.0. The zero-order valence-corrected chi connectivity index (χ0v) is 20.4. The summed E-state index contributed by atoms with van der Waals surface area (Å²) in [6, 6.07) is 28.1. The molecule has 0 fully saturated rings. The van der Waals surface area contributed by atoms with Crippen molar-refractivity contribution < 1.29 is 13.2 Å². The summed E-state index contributed by atoms with van der Waals surface area (Å²) in [6.07, 6.45) is 1.91. The number of nitrogens with one attached hydrogen (secondary N) is 1. The smallest absolute Gasteiger partial charge is 0.243 e. The minimum atomic E-state index is -3.81. The van der Waals surface area contributed by atoms with Gasteiger partial charge in [0.05, 0.1) is 23.6 Å². The van der Waals surface area contributed by atoms with Crippen LogP contribution in [-0.2, 0) is 34.3 Å². The number of nitrogens with zero attached hydrogens (tertiary/aromatic N) is 2. The van der Waals surface area contributed by atoms with Gasteiger partial charge in [0.1, 0.15) is 0 Å². The number of carbonyl (C=O) groups is 1. The molecule has 8 heteroatoms. The van der Waals surface area contributed by atoms with E-state index in [0.29, 0.717) is 16.4 Å². The molecule has 4 aromatic rings. The van der Waals surface area contributed by atoms with E-state index in [9.17, 15) is 13.2 Å². The lowest BCUT2D eigenvalue weighted by molar-refractivity contribution is -0.115. The molecule has 4 rings (SSSR count). The number of halogens is 1. The van der Waals surface area contributed by atoms with Gasteiger partial charge in [-0.05, 0) is 59.7 Å². The third-order valence-electron chi connectivity index (χ3n) is 5.32. The van der Waals surface area contributed by atoms with Crippen LogP contribution in [0.2, 0.25) is 5.02 Å². The van der Waals surface area contributed by atoms with Gasteiger partial charge in [-0.1, -0.05) is 60.1 Å². The zero-order chi connectivity index (χ0) is 24.7. The van der Waals surface area contributed by atoms with Crippen molar-refractivity contribution in [2.24, 2.45) is 0 Å². The number of benzene rings is 3. The van der Waals surface area contributed by atoms with Gasteiger partial charge in [0.25, 0.3) is 0 Å². The zero-order valence-electron chi connectivity index (χ0n) is 18.8. The van der Waals surface area contributed by atoms with Gasteiger partial charge in [0, 0.05) is 23.5 Å². The number of hydrogen-bond acceptors (Lipinski definition) is 4. The van der Waals surface area contributed by atoms with Crippen LogP contribution < -0.4 is 5.32 Å². The van der Waals surface area contributed by atoms with E-state index in [4.69, 9.17) is 11.6 Å². The molecule has 0 unspecified atom stereocenters. The monoisotopic (exact) mass is 505 g/mol. The molecule has 0 saturated carbocycles. The van der Waals surface area contributed by atoms with Crippen molar-refractivity contribution in [3.05, 3.63) is 125 Å². The van der Waals surface area contributed by atoms with Gasteiger partial charge in [-0.3, -0.25) is 9.78 Å². The third-order valence-corrected chi connectivity index (χ3v) is 7.38. The molecule has 178 valence electrons. The summed E-state index contributed by atoms with van der Waals surface area (Å²) < 4.78 is 28.2. The van der Waals surface area contributed by atoms with Crippen LogP contribution in [-0.4, -0.2) is 23.6 Å². The van der Waals surface area contributed by atoms with Gasteiger partial charge in [-0.25, -0.2) is 8.42 Å². The Kier molecular flexibility index (Phi) is 7.92. The highest BCUT2D eigenvalue weighted by Gasteiger charge is 2.25. The largest absolute Gasteiger partial charge is 0.326 e. The fourth-order valence-electron chi connectivity index (χ4n) is 3.54. The van der Waals surface area contributed by atoms with Crippen LogP contribution in [0.15, 0.2) is 108 Å². The Labute approximate surface area is 210 Å². The predicted octanol–water partition coefficient (Wildman–Crippen LogP) is 5.31. The van der Waals surface area contributed by atoms with Crippen molar-refractivity contribution in [2.75, 3.05) is 5.32 Å². The number of carbonyl (C=O) groups excluding carboxylic acids is 1. The van der Waals surface area contributed by atoms with Gasteiger partial charge in [-0.2, -0.15) is 4.31 Å². The lowest BCUT2D eigenvalue weighted by Crippen LogP contribution is -2.30.